The Hall–Kier alpha value is -2.74. The number of non-ortho nitro benzene ring substituents is 1. The molecule has 8 heteroatoms. The first-order valence-electron chi connectivity index (χ1n) is 6.49. The number of rotatable bonds is 6. The zero-order valence-electron chi connectivity index (χ0n) is 11.8. The molecule has 0 aliphatic carbocycles. The van der Waals surface area contributed by atoms with E-state index in [1.807, 2.05) is 24.3 Å². The van der Waals surface area contributed by atoms with Gasteiger partial charge in [0.15, 0.2) is 6.61 Å². The summed E-state index contributed by atoms with van der Waals surface area (Å²) in [7, 11) is 0. The van der Waals surface area contributed by atoms with Crippen molar-refractivity contribution in [3.05, 3.63) is 68.7 Å². The van der Waals surface area contributed by atoms with Crippen LogP contribution in [0, 0.1) is 10.1 Å². The first kappa shape index (κ1) is 16.6. The standard InChI is InChI=1S/C15H12BrN3O4/c16-12-3-1-2-11(8-12)9-17-18-15(20)10-23-14-6-4-13(5-7-14)19(21)22/h1-9H,10H2,(H,18,20)/b17-9+. The van der Waals surface area contributed by atoms with Crippen LogP contribution >= 0.6 is 15.9 Å². The molecule has 0 heterocycles. The smallest absolute Gasteiger partial charge is 0.277 e. The molecular formula is C15H12BrN3O4. The van der Waals surface area contributed by atoms with E-state index in [1.165, 1.54) is 30.5 Å². The normalized spacial score (nSPS) is 10.5. The summed E-state index contributed by atoms with van der Waals surface area (Å²) < 4.78 is 6.12. The molecule has 0 unspecified atom stereocenters. The van der Waals surface area contributed by atoms with Gasteiger partial charge in [0, 0.05) is 16.6 Å². The van der Waals surface area contributed by atoms with Crippen molar-refractivity contribution in [2.75, 3.05) is 6.61 Å². The van der Waals surface area contributed by atoms with Crippen molar-refractivity contribution >= 4 is 33.7 Å². The molecular weight excluding hydrogens is 366 g/mol. The summed E-state index contributed by atoms with van der Waals surface area (Å²) in [6.07, 6.45) is 1.51. The average molecular weight is 378 g/mol. The van der Waals surface area contributed by atoms with Crippen LogP contribution in [0.15, 0.2) is 58.1 Å². The Labute approximate surface area is 140 Å². The Morgan fingerprint density at radius 3 is 2.70 bits per heavy atom. The van der Waals surface area contributed by atoms with Crippen molar-refractivity contribution in [1.82, 2.24) is 5.43 Å². The fraction of sp³-hybridized carbons (Fsp3) is 0.0667. The molecule has 0 aliphatic heterocycles. The van der Waals surface area contributed by atoms with E-state index in [0.717, 1.165) is 10.0 Å². The zero-order valence-corrected chi connectivity index (χ0v) is 13.4. The molecule has 0 radical (unpaired) electrons. The first-order chi connectivity index (χ1) is 11.0. The van der Waals surface area contributed by atoms with E-state index in [9.17, 15) is 14.9 Å². The van der Waals surface area contributed by atoms with Crippen molar-refractivity contribution in [3.63, 3.8) is 0 Å². The van der Waals surface area contributed by atoms with E-state index in [0.29, 0.717) is 5.75 Å². The molecule has 0 aliphatic rings. The quantitative estimate of drug-likeness (QED) is 0.475. The third-order valence-electron chi connectivity index (χ3n) is 2.67. The topological polar surface area (TPSA) is 93.8 Å². The maximum absolute atomic E-state index is 11.6. The van der Waals surface area contributed by atoms with Gasteiger partial charge in [-0.1, -0.05) is 28.1 Å². The second-order valence-corrected chi connectivity index (χ2v) is 5.30. The monoisotopic (exact) mass is 377 g/mol. The number of ether oxygens (including phenoxy) is 1. The van der Waals surface area contributed by atoms with Gasteiger partial charge >= 0.3 is 0 Å². The first-order valence-corrected chi connectivity index (χ1v) is 7.28. The summed E-state index contributed by atoms with van der Waals surface area (Å²) in [6, 6.07) is 12.9. The third kappa shape index (κ3) is 5.51. The van der Waals surface area contributed by atoms with Crippen molar-refractivity contribution in [3.8, 4) is 5.75 Å². The van der Waals surface area contributed by atoms with Crippen molar-refractivity contribution in [2.24, 2.45) is 5.10 Å². The molecule has 0 saturated carbocycles. The minimum absolute atomic E-state index is 0.0413. The van der Waals surface area contributed by atoms with Gasteiger partial charge in [-0.25, -0.2) is 5.43 Å². The predicted octanol–water partition coefficient (Wildman–Crippen LogP) is 2.89. The van der Waals surface area contributed by atoms with Gasteiger partial charge in [-0.15, -0.1) is 0 Å². The Kier molecular flexibility index (Phi) is 5.81. The number of nitro groups is 1. The lowest BCUT2D eigenvalue weighted by Gasteiger charge is -2.04. The van der Waals surface area contributed by atoms with E-state index >= 15 is 0 Å². The second-order valence-electron chi connectivity index (χ2n) is 4.39. The average Bonchev–Trinajstić information content (AvgIpc) is 2.53. The molecule has 2 aromatic rings. The number of hydrogen-bond donors (Lipinski definition) is 1. The molecule has 23 heavy (non-hydrogen) atoms. The van der Waals surface area contributed by atoms with Crippen LogP contribution in [0.4, 0.5) is 5.69 Å². The van der Waals surface area contributed by atoms with Crippen LogP contribution in [-0.4, -0.2) is 23.7 Å². The van der Waals surface area contributed by atoms with Gasteiger partial charge in [-0.05, 0) is 29.8 Å². The summed E-state index contributed by atoms with van der Waals surface area (Å²) in [6.45, 7) is -0.242. The largest absolute Gasteiger partial charge is 0.484 e. The molecule has 1 amide bonds. The van der Waals surface area contributed by atoms with Gasteiger partial charge in [0.25, 0.3) is 11.6 Å². The second kappa shape index (κ2) is 8.04. The van der Waals surface area contributed by atoms with E-state index < -0.39 is 10.8 Å². The highest BCUT2D eigenvalue weighted by molar-refractivity contribution is 9.10. The highest BCUT2D eigenvalue weighted by Crippen LogP contribution is 2.17. The molecule has 2 aromatic carbocycles. The van der Waals surface area contributed by atoms with Crippen LogP contribution in [0.25, 0.3) is 0 Å². The van der Waals surface area contributed by atoms with Gasteiger partial charge in [-0.3, -0.25) is 14.9 Å². The lowest BCUT2D eigenvalue weighted by molar-refractivity contribution is -0.384. The van der Waals surface area contributed by atoms with Gasteiger partial charge in [0.2, 0.25) is 0 Å². The Bertz CT molecular complexity index is 732. The van der Waals surface area contributed by atoms with E-state index in [4.69, 9.17) is 4.74 Å². The summed E-state index contributed by atoms with van der Waals surface area (Å²) >= 11 is 3.34. The minimum Gasteiger partial charge on any atom is -0.484 e. The van der Waals surface area contributed by atoms with Crippen molar-refractivity contribution < 1.29 is 14.5 Å². The Morgan fingerprint density at radius 1 is 1.30 bits per heavy atom. The van der Waals surface area contributed by atoms with Gasteiger partial charge < -0.3 is 4.74 Å². The number of halogens is 1. The van der Waals surface area contributed by atoms with Crippen molar-refractivity contribution in [2.45, 2.75) is 0 Å². The number of hydrogen-bond acceptors (Lipinski definition) is 5. The summed E-state index contributed by atoms with van der Waals surface area (Å²) in [4.78, 5) is 21.6. The molecule has 0 atom stereocenters. The van der Waals surface area contributed by atoms with Crippen LogP contribution in [0.3, 0.4) is 0 Å². The summed E-state index contributed by atoms with van der Waals surface area (Å²) in [5.41, 5.74) is 3.12. The number of hydrazone groups is 1. The predicted molar refractivity (Wildman–Crippen MR) is 88.5 cm³/mol. The number of benzene rings is 2. The Morgan fingerprint density at radius 2 is 2.04 bits per heavy atom. The highest BCUT2D eigenvalue weighted by atomic mass is 79.9. The van der Waals surface area contributed by atoms with E-state index in [-0.39, 0.29) is 12.3 Å². The summed E-state index contributed by atoms with van der Waals surface area (Å²) in [5, 5.41) is 14.3. The maximum Gasteiger partial charge on any atom is 0.277 e. The SMILES string of the molecule is O=C(COc1ccc([N+](=O)[O-])cc1)N/N=C/c1cccc(Br)c1. The number of carbonyl (C=O) groups is 1. The Balaban J connectivity index is 1.79. The van der Waals surface area contributed by atoms with Crippen LogP contribution in [0.5, 0.6) is 5.75 Å². The van der Waals surface area contributed by atoms with Crippen LogP contribution < -0.4 is 10.2 Å². The molecule has 7 nitrogen and oxygen atoms in total. The van der Waals surface area contributed by atoms with Crippen LogP contribution in [-0.2, 0) is 4.79 Å². The van der Waals surface area contributed by atoms with Gasteiger partial charge in [-0.2, -0.15) is 5.10 Å². The number of carbonyl (C=O) groups excluding carboxylic acids is 1. The molecule has 118 valence electrons. The molecule has 0 saturated heterocycles. The molecule has 2 rings (SSSR count). The van der Waals surface area contributed by atoms with Gasteiger partial charge in [0.1, 0.15) is 5.75 Å². The lowest BCUT2D eigenvalue weighted by atomic mass is 10.2. The van der Waals surface area contributed by atoms with E-state index in [1.54, 1.807) is 0 Å². The molecule has 0 aromatic heterocycles. The van der Waals surface area contributed by atoms with Gasteiger partial charge in [0.05, 0.1) is 11.1 Å². The van der Waals surface area contributed by atoms with E-state index in [2.05, 4.69) is 26.5 Å². The highest BCUT2D eigenvalue weighted by Gasteiger charge is 2.06. The number of nitro benzene ring substituents is 1. The lowest BCUT2D eigenvalue weighted by Crippen LogP contribution is -2.24. The summed E-state index contributed by atoms with van der Waals surface area (Å²) in [5.74, 6) is -0.0729. The molecule has 0 spiro atoms. The molecule has 0 fully saturated rings. The fourth-order valence-electron chi connectivity index (χ4n) is 1.61. The number of nitrogens with one attached hydrogen (secondary N) is 1. The van der Waals surface area contributed by atoms with Crippen LogP contribution in [0.1, 0.15) is 5.56 Å². The maximum atomic E-state index is 11.6. The van der Waals surface area contributed by atoms with Crippen molar-refractivity contribution in [1.29, 1.82) is 0 Å². The zero-order chi connectivity index (χ0) is 16.7. The molecule has 1 N–H and O–H groups in total. The van der Waals surface area contributed by atoms with Crippen LogP contribution in [0.2, 0.25) is 0 Å². The fourth-order valence-corrected chi connectivity index (χ4v) is 2.03. The number of amides is 1. The minimum atomic E-state index is -0.507. The molecule has 0 bridgehead atoms. The number of nitrogens with zero attached hydrogens (tertiary/aromatic N) is 2. The third-order valence-corrected chi connectivity index (χ3v) is 3.16.